The maximum atomic E-state index is 15.2. The van der Waals surface area contributed by atoms with Crippen molar-refractivity contribution in [3.05, 3.63) is 81.9 Å². The Bertz CT molecular complexity index is 2770. The molecule has 4 aliphatic heterocycles. The second kappa shape index (κ2) is 20.6. The molecular formula is C50H61BrF2N11O4P. The van der Waals surface area contributed by atoms with Crippen molar-refractivity contribution in [3.63, 3.8) is 0 Å². The molecule has 69 heavy (non-hydrogen) atoms. The van der Waals surface area contributed by atoms with E-state index in [9.17, 15) is 14.2 Å². The van der Waals surface area contributed by atoms with E-state index in [1.807, 2.05) is 30.9 Å². The Morgan fingerprint density at radius 3 is 2.26 bits per heavy atom. The van der Waals surface area contributed by atoms with Crippen LogP contribution in [-0.4, -0.2) is 126 Å². The van der Waals surface area contributed by atoms with Gasteiger partial charge in [-0.3, -0.25) is 19.8 Å². The molecule has 4 fully saturated rings. The van der Waals surface area contributed by atoms with E-state index in [1.165, 1.54) is 23.4 Å². The van der Waals surface area contributed by atoms with Gasteiger partial charge in [0.25, 0.3) is 0 Å². The van der Waals surface area contributed by atoms with Crippen LogP contribution < -0.4 is 35.8 Å². The number of hydrogen-bond acceptors (Lipinski definition) is 14. The van der Waals surface area contributed by atoms with Crippen LogP contribution in [0.3, 0.4) is 0 Å². The van der Waals surface area contributed by atoms with Gasteiger partial charge in [-0.15, -0.1) is 0 Å². The normalized spacial score (nSPS) is 18.9. The lowest BCUT2D eigenvalue weighted by Gasteiger charge is -2.47. The van der Waals surface area contributed by atoms with E-state index < -0.39 is 36.5 Å². The molecule has 19 heteroatoms. The third-order valence-corrected chi connectivity index (χ3v) is 16.1. The Morgan fingerprint density at radius 1 is 0.855 bits per heavy atom. The summed E-state index contributed by atoms with van der Waals surface area (Å²) >= 11 is 3.63. The van der Waals surface area contributed by atoms with Gasteiger partial charge in [-0.05, 0) is 97.8 Å². The van der Waals surface area contributed by atoms with Crippen LogP contribution in [0.1, 0.15) is 69.3 Å². The minimum Gasteiger partial charge on any atom is -0.492 e. The molecule has 2 amide bonds. The van der Waals surface area contributed by atoms with Crippen molar-refractivity contribution in [2.75, 3.05) is 99.3 Å². The number of ether oxygens (including phenoxy) is 1. The summed E-state index contributed by atoms with van der Waals surface area (Å²) in [4.78, 5) is 52.2. The van der Waals surface area contributed by atoms with Crippen molar-refractivity contribution in [2.24, 2.45) is 5.92 Å². The van der Waals surface area contributed by atoms with Gasteiger partial charge >= 0.3 is 0 Å². The van der Waals surface area contributed by atoms with Crippen molar-refractivity contribution >= 4 is 85.6 Å². The SMILES string of the molecule is CCOc1cc(N2CCC(N3CCN(CC4CN(c5cc(F)c([C@H]6CCC(=O)NC6=O)c(F)c5)C4)CC3)CC2)c(CC)cc1Nc1ncc(Br)c(Nc2ccc3nc(CC)ncc3c2P(C)(C)=O)n1. The molecule has 4 saturated heterocycles. The molecule has 0 aliphatic carbocycles. The predicted octanol–water partition coefficient (Wildman–Crippen LogP) is 7.96. The number of amides is 2. The summed E-state index contributed by atoms with van der Waals surface area (Å²) in [6.45, 7) is 18.5. The first-order valence-corrected chi connectivity index (χ1v) is 27.6. The number of carbonyl (C=O) groups excluding carboxylic acids is 2. The maximum absolute atomic E-state index is 15.2. The smallest absolute Gasteiger partial charge is 0.234 e. The number of aryl methyl sites for hydroxylation is 2. The molecule has 0 bridgehead atoms. The standard InChI is InChI=1S/C50H61BrF2N11O4P/c1-6-31-21-41(58-50-55-26-36(51)48(60-50)57-40-11-10-39-35(47(40)69(4,5)67)25-54-44(7-2)56-39)43(68-8-3)24-42(31)63-15-13-32(14-16-63)62-19-17-61(18-20-62)27-30-28-64(29-30)33-22-37(52)46(38(53)23-33)34-9-12-45(65)59-49(34)66/h10-11,21-26,30,32,34H,6-9,12-20,27-29H2,1-5H3,(H,59,65,66)(H2,55,57,58,60)/t34-/m1/s1. The first kappa shape index (κ1) is 48.7. The molecule has 15 nitrogen and oxygen atoms in total. The highest BCUT2D eigenvalue weighted by molar-refractivity contribution is 9.10. The van der Waals surface area contributed by atoms with Gasteiger partial charge in [-0.25, -0.2) is 23.7 Å². The van der Waals surface area contributed by atoms with Crippen LogP contribution >= 0.6 is 23.1 Å². The molecule has 366 valence electrons. The average molecular weight is 1030 g/mol. The molecule has 0 spiro atoms. The van der Waals surface area contributed by atoms with Crippen LogP contribution in [0, 0.1) is 17.6 Å². The molecule has 5 aromatic rings. The fourth-order valence-corrected chi connectivity index (χ4v) is 12.2. The molecule has 0 saturated carbocycles. The fraction of sp³-hybridized carbons (Fsp3) is 0.480. The lowest BCUT2D eigenvalue weighted by Crippen LogP contribution is -2.57. The van der Waals surface area contributed by atoms with E-state index in [-0.39, 0.29) is 18.4 Å². The largest absolute Gasteiger partial charge is 0.492 e. The summed E-state index contributed by atoms with van der Waals surface area (Å²) in [6.07, 6.45) is 7.30. The lowest BCUT2D eigenvalue weighted by atomic mass is 9.89. The molecule has 0 unspecified atom stereocenters. The average Bonchev–Trinajstić information content (AvgIpc) is 3.31. The van der Waals surface area contributed by atoms with Crippen LogP contribution in [0.15, 0.2) is 53.3 Å². The minimum absolute atomic E-state index is 0.0649. The Hall–Kier alpha value is -5.29. The van der Waals surface area contributed by atoms with Gasteiger partial charge in [0.2, 0.25) is 17.8 Å². The van der Waals surface area contributed by atoms with Crippen molar-refractivity contribution < 1.29 is 27.7 Å². The first-order chi connectivity index (χ1) is 33.2. The zero-order chi connectivity index (χ0) is 48.6. The summed E-state index contributed by atoms with van der Waals surface area (Å²) in [6, 6.07) is 11.3. The number of rotatable bonds is 15. The second-order valence-corrected chi connectivity index (χ2v) is 22.9. The summed E-state index contributed by atoms with van der Waals surface area (Å²) < 4.78 is 51.0. The number of piperidine rings is 2. The molecule has 9 rings (SSSR count). The van der Waals surface area contributed by atoms with Gasteiger partial charge in [0.05, 0.1) is 33.9 Å². The Labute approximate surface area is 410 Å². The number of piperazine rings is 1. The predicted molar refractivity (Wildman–Crippen MR) is 272 cm³/mol. The lowest BCUT2D eigenvalue weighted by molar-refractivity contribution is -0.134. The summed E-state index contributed by atoms with van der Waals surface area (Å²) in [7, 11) is -2.79. The molecule has 4 aliphatic rings. The number of anilines is 6. The molecule has 2 aromatic heterocycles. The molecule has 1 atom stereocenters. The third kappa shape index (κ3) is 10.6. The zero-order valence-corrected chi connectivity index (χ0v) is 42.4. The van der Waals surface area contributed by atoms with Crippen LogP contribution in [0.2, 0.25) is 0 Å². The van der Waals surface area contributed by atoms with Gasteiger partial charge in [0.15, 0.2) is 0 Å². The van der Waals surface area contributed by atoms with E-state index in [1.54, 1.807) is 25.7 Å². The molecule has 3 N–H and O–H groups in total. The zero-order valence-electron chi connectivity index (χ0n) is 40.0. The summed E-state index contributed by atoms with van der Waals surface area (Å²) in [5.41, 5.74) is 4.81. The van der Waals surface area contributed by atoms with Gasteiger partial charge in [0, 0.05) is 130 Å². The Balaban J connectivity index is 0.790. The van der Waals surface area contributed by atoms with E-state index in [4.69, 9.17) is 9.72 Å². The van der Waals surface area contributed by atoms with E-state index in [0.29, 0.717) is 57.9 Å². The van der Waals surface area contributed by atoms with Crippen LogP contribution in [0.25, 0.3) is 10.9 Å². The van der Waals surface area contributed by atoms with E-state index >= 15 is 8.78 Å². The highest BCUT2D eigenvalue weighted by atomic mass is 79.9. The van der Waals surface area contributed by atoms with Crippen LogP contribution in [0.5, 0.6) is 5.75 Å². The van der Waals surface area contributed by atoms with Crippen molar-refractivity contribution in [3.8, 4) is 5.75 Å². The number of halogens is 3. The topological polar surface area (TPSA) is 161 Å². The molecule has 6 heterocycles. The van der Waals surface area contributed by atoms with Crippen LogP contribution in [-0.2, 0) is 27.0 Å². The minimum atomic E-state index is -2.79. The summed E-state index contributed by atoms with van der Waals surface area (Å²) in [5.74, 6) is -0.776. The monoisotopic (exact) mass is 1030 g/mol. The number of imide groups is 1. The third-order valence-electron chi connectivity index (χ3n) is 14.0. The number of benzene rings is 3. The van der Waals surface area contributed by atoms with Gasteiger partial charge < -0.3 is 34.6 Å². The maximum Gasteiger partial charge on any atom is 0.234 e. The van der Waals surface area contributed by atoms with E-state index in [2.05, 4.69) is 80.6 Å². The number of aromatic nitrogens is 4. The summed E-state index contributed by atoms with van der Waals surface area (Å²) in [5, 5.41) is 10.5. The molecule has 0 radical (unpaired) electrons. The van der Waals surface area contributed by atoms with Gasteiger partial charge in [-0.1, -0.05) is 13.8 Å². The first-order valence-electron chi connectivity index (χ1n) is 24.2. The van der Waals surface area contributed by atoms with Crippen molar-refractivity contribution in [1.29, 1.82) is 0 Å². The van der Waals surface area contributed by atoms with Crippen molar-refractivity contribution in [1.82, 2.24) is 35.1 Å². The quantitative estimate of drug-likeness (QED) is 0.0685. The fourth-order valence-electron chi connectivity index (χ4n) is 10.4. The van der Waals surface area contributed by atoms with Crippen LogP contribution in [0.4, 0.5) is 43.3 Å². The number of hydrogen-bond donors (Lipinski definition) is 3. The number of carbonyl (C=O) groups is 2. The molecule has 3 aromatic carbocycles. The van der Waals surface area contributed by atoms with Gasteiger partial charge in [0.1, 0.15) is 36.2 Å². The Morgan fingerprint density at radius 2 is 1.59 bits per heavy atom. The number of fused-ring (bicyclic) bond motifs is 1. The van der Waals surface area contributed by atoms with Crippen molar-refractivity contribution in [2.45, 2.75) is 71.3 Å². The number of nitrogens with one attached hydrogen (secondary N) is 3. The highest BCUT2D eigenvalue weighted by Gasteiger charge is 2.36. The number of nitrogens with zero attached hydrogens (tertiary/aromatic N) is 8. The second-order valence-electron chi connectivity index (χ2n) is 18.9. The van der Waals surface area contributed by atoms with E-state index in [0.717, 1.165) is 106 Å². The van der Waals surface area contributed by atoms with Gasteiger partial charge in [-0.2, -0.15) is 4.98 Å². The Kier molecular flexibility index (Phi) is 14.5. The molecular weight excluding hydrogens is 967 g/mol. The highest BCUT2D eigenvalue weighted by Crippen LogP contribution is 2.43.